The number of aromatic nitrogens is 2. The normalized spacial score (nSPS) is 22.4. The summed E-state index contributed by atoms with van der Waals surface area (Å²) in [6.07, 6.45) is 1.49. The fraction of sp³-hybridized carbons (Fsp3) is 0.389. The van der Waals surface area contributed by atoms with Gasteiger partial charge in [0, 0.05) is 18.2 Å². The Balaban J connectivity index is 1.73. The molecule has 1 amide bonds. The van der Waals surface area contributed by atoms with E-state index in [4.69, 9.17) is 9.26 Å². The van der Waals surface area contributed by atoms with Crippen molar-refractivity contribution >= 4 is 19.8 Å². The van der Waals surface area contributed by atoms with Gasteiger partial charge in [0.2, 0.25) is 0 Å². The van der Waals surface area contributed by atoms with Crippen LogP contribution < -0.4 is 11.0 Å². The molecule has 9 heteroatoms. The van der Waals surface area contributed by atoms with Crippen molar-refractivity contribution in [3.05, 3.63) is 58.6 Å². The lowest BCUT2D eigenvalue weighted by molar-refractivity contribution is -0.0170. The molecule has 1 aliphatic rings. The summed E-state index contributed by atoms with van der Waals surface area (Å²) in [6.45, 7) is 3.43. The highest BCUT2D eigenvalue weighted by Crippen LogP contribution is 2.36. The molecule has 3 rings (SSSR count). The van der Waals surface area contributed by atoms with Crippen LogP contribution in [0.4, 0.5) is 5.82 Å². The standard InChI is InChI=1S/C18H20N3O5P/c1-3-13-14(26-27(2)24)11-16(25-13)21-10-9-15(20-18(21)23)19-17(22)12-7-5-4-6-8-12/h4-10,13-14,16H,3,11H2,1-2H3/p+1/t13-,14-,16-/m1/s1. The predicted molar refractivity (Wildman–Crippen MR) is 100 cm³/mol. The van der Waals surface area contributed by atoms with Crippen LogP contribution in [0.15, 0.2) is 47.4 Å². The van der Waals surface area contributed by atoms with Crippen LogP contribution in [-0.4, -0.2) is 34.3 Å². The number of nitrogens with one attached hydrogen (secondary N) is 1. The lowest BCUT2D eigenvalue weighted by Gasteiger charge is -2.15. The van der Waals surface area contributed by atoms with Crippen molar-refractivity contribution in [3.63, 3.8) is 0 Å². The van der Waals surface area contributed by atoms with Crippen LogP contribution in [0.5, 0.6) is 0 Å². The first-order valence-electron chi connectivity index (χ1n) is 8.66. The molecule has 27 heavy (non-hydrogen) atoms. The van der Waals surface area contributed by atoms with Crippen molar-refractivity contribution in [3.8, 4) is 0 Å². The van der Waals surface area contributed by atoms with E-state index in [1.165, 1.54) is 17.4 Å². The molecule has 1 unspecified atom stereocenters. The van der Waals surface area contributed by atoms with Gasteiger partial charge in [-0.3, -0.25) is 9.36 Å². The summed E-state index contributed by atoms with van der Waals surface area (Å²) in [6, 6.07) is 10.2. The van der Waals surface area contributed by atoms with Gasteiger partial charge in [-0.25, -0.2) is 4.79 Å². The van der Waals surface area contributed by atoms with Gasteiger partial charge in [-0.2, -0.15) is 4.98 Å². The molecule has 1 aromatic heterocycles. The monoisotopic (exact) mass is 390 g/mol. The molecule has 0 saturated carbocycles. The molecule has 1 fully saturated rings. The van der Waals surface area contributed by atoms with Crippen molar-refractivity contribution in [2.24, 2.45) is 0 Å². The van der Waals surface area contributed by atoms with E-state index in [1.54, 1.807) is 30.3 Å². The van der Waals surface area contributed by atoms with Crippen LogP contribution in [0.3, 0.4) is 0 Å². The van der Waals surface area contributed by atoms with Crippen LogP contribution in [0.25, 0.3) is 0 Å². The Morgan fingerprint density at radius 3 is 2.74 bits per heavy atom. The van der Waals surface area contributed by atoms with E-state index in [-0.39, 0.29) is 23.9 Å². The van der Waals surface area contributed by atoms with Crippen molar-refractivity contribution in [2.75, 3.05) is 12.0 Å². The largest absolute Gasteiger partial charge is 0.505 e. The summed E-state index contributed by atoms with van der Waals surface area (Å²) in [5.74, 6) is -0.178. The van der Waals surface area contributed by atoms with Gasteiger partial charge in [0.15, 0.2) is 6.66 Å². The summed E-state index contributed by atoms with van der Waals surface area (Å²) in [5.41, 5.74) is -0.0655. The van der Waals surface area contributed by atoms with Crippen LogP contribution in [0.2, 0.25) is 0 Å². The SMILES string of the molecule is CC[C@H]1O[C@@H](n2ccc(NC(=O)c3ccccc3)nc2=O)C[C@H]1O[P+](C)=O. The smallest absolute Gasteiger partial charge is 0.352 e. The average molecular weight is 390 g/mol. The average Bonchev–Trinajstić information content (AvgIpc) is 3.04. The van der Waals surface area contributed by atoms with Crippen LogP contribution >= 0.6 is 8.03 Å². The Bertz CT molecular complexity index is 886. The van der Waals surface area contributed by atoms with Gasteiger partial charge < -0.3 is 10.1 Å². The van der Waals surface area contributed by atoms with Crippen molar-refractivity contribution < 1.29 is 18.6 Å². The topological polar surface area (TPSA) is 99.5 Å². The zero-order valence-electron chi connectivity index (χ0n) is 15.1. The highest BCUT2D eigenvalue weighted by Gasteiger charge is 2.40. The third-order valence-corrected chi connectivity index (χ3v) is 4.85. The summed E-state index contributed by atoms with van der Waals surface area (Å²) >= 11 is 0. The maximum Gasteiger partial charge on any atom is 0.505 e. The zero-order valence-corrected chi connectivity index (χ0v) is 16.0. The van der Waals surface area contributed by atoms with E-state index in [0.717, 1.165) is 0 Å². The second-order valence-corrected chi connectivity index (χ2v) is 7.27. The molecule has 0 spiro atoms. The van der Waals surface area contributed by atoms with Crippen molar-refractivity contribution in [1.82, 2.24) is 9.55 Å². The van der Waals surface area contributed by atoms with Crippen LogP contribution in [0, 0.1) is 0 Å². The Morgan fingerprint density at radius 1 is 1.37 bits per heavy atom. The van der Waals surface area contributed by atoms with Gasteiger partial charge in [-0.15, -0.1) is 4.52 Å². The van der Waals surface area contributed by atoms with Gasteiger partial charge in [0.1, 0.15) is 18.1 Å². The number of hydrogen-bond donors (Lipinski definition) is 1. The van der Waals surface area contributed by atoms with Crippen LogP contribution in [-0.2, 0) is 13.8 Å². The molecular weight excluding hydrogens is 369 g/mol. The Labute approximate surface area is 157 Å². The van der Waals surface area contributed by atoms with E-state index < -0.39 is 19.9 Å². The highest BCUT2D eigenvalue weighted by molar-refractivity contribution is 7.38. The first kappa shape index (κ1) is 19.4. The molecule has 4 atom stereocenters. The van der Waals surface area contributed by atoms with Gasteiger partial charge in [-0.1, -0.05) is 25.1 Å². The van der Waals surface area contributed by atoms with E-state index in [0.29, 0.717) is 18.4 Å². The minimum atomic E-state index is -1.76. The van der Waals surface area contributed by atoms with Gasteiger partial charge in [-0.05, 0) is 29.2 Å². The number of carbonyl (C=O) groups excluding carboxylic acids is 1. The fourth-order valence-corrected chi connectivity index (χ4v) is 3.62. The molecule has 8 nitrogen and oxygen atoms in total. The molecule has 1 saturated heterocycles. The molecule has 1 aromatic carbocycles. The number of amides is 1. The number of nitrogens with zero attached hydrogens (tertiary/aromatic N) is 2. The highest BCUT2D eigenvalue weighted by atomic mass is 31.1. The predicted octanol–water partition coefficient (Wildman–Crippen LogP) is 2.95. The van der Waals surface area contributed by atoms with Gasteiger partial charge in [0.05, 0.1) is 6.10 Å². The van der Waals surface area contributed by atoms with Crippen LogP contribution in [0.1, 0.15) is 36.4 Å². The molecule has 0 bridgehead atoms. The maximum atomic E-state index is 12.4. The maximum absolute atomic E-state index is 12.4. The molecule has 1 aliphatic heterocycles. The zero-order chi connectivity index (χ0) is 19.4. The Morgan fingerprint density at radius 2 is 2.11 bits per heavy atom. The second-order valence-electron chi connectivity index (χ2n) is 6.18. The van der Waals surface area contributed by atoms with E-state index in [2.05, 4.69) is 10.3 Å². The molecular formula is C18H21N3O5P+. The third-order valence-electron chi connectivity index (χ3n) is 4.28. The molecule has 0 radical (unpaired) electrons. The molecule has 0 aliphatic carbocycles. The second kappa shape index (κ2) is 8.52. The third kappa shape index (κ3) is 4.66. The number of hydrogen-bond acceptors (Lipinski definition) is 6. The number of anilines is 1. The Hall–Kier alpha value is -2.41. The lowest BCUT2D eigenvalue weighted by Crippen LogP contribution is -2.28. The first-order chi connectivity index (χ1) is 13.0. The minimum absolute atomic E-state index is 0.166. The summed E-state index contributed by atoms with van der Waals surface area (Å²) in [7, 11) is -1.76. The van der Waals surface area contributed by atoms with E-state index in [1.807, 2.05) is 13.0 Å². The summed E-state index contributed by atoms with van der Waals surface area (Å²) < 4.78 is 24.0. The van der Waals surface area contributed by atoms with Crippen molar-refractivity contribution in [2.45, 2.75) is 38.2 Å². The quantitative estimate of drug-likeness (QED) is 0.762. The molecule has 2 heterocycles. The number of ether oxygens (including phenoxy) is 1. The minimum Gasteiger partial charge on any atom is -0.352 e. The lowest BCUT2D eigenvalue weighted by atomic mass is 10.1. The fourth-order valence-electron chi connectivity index (χ4n) is 3.01. The van der Waals surface area contributed by atoms with Gasteiger partial charge in [0.25, 0.3) is 5.91 Å². The first-order valence-corrected chi connectivity index (χ1v) is 10.3. The van der Waals surface area contributed by atoms with Gasteiger partial charge >= 0.3 is 13.7 Å². The molecule has 1 N–H and O–H groups in total. The Kier molecular flexibility index (Phi) is 6.11. The number of carbonyl (C=O) groups is 1. The summed E-state index contributed by atoms with van der Waals surface area (Å²) in [5, 5.41) is 2.60. The number of rotatable bonds is 6. The van der Waals surface area contributed by atoms with E-state index >= 15 is 0 Å². The molecule has 2 aromatic rings. The molecule has 142 valence electrons. The van der Waals surface area contributed by atoms with Crippen molar-refractivity contribution in [1.29, 1.82) is 0 Å². The van der Waals surface area contributed by atoms with E-state index in [9.17, 15) is 14.2 Å². The summed E-state index contributed by atoms with van der Waals surface area (Å²) in [4.78, 5) is 28.5. The number of benzene rings is 1.